The van der Waals surface area contributed by atoms with Crippen molar-refractivity contribution in [3.05, 3.63) is 42.2 Å². The molecule has 0 bridgehead atoms. The van der Waals surface area contributed by atoms with E-state index in [4.69, 9.17) is 10.5 Å². The summed E-state index contributed by atoms with van der Waals surface area (Å²) in [4.78, 5) is 11.2. The monoisotopic (exact) mass is 337 g/mol. The number of benzene rings is 1. The largest absolute Gasteiger partial charge is 0.491 e. The average molecular weight is 337 g/mol. The lowest BCUT2D eigenvalue weighted by molar-refractivity contribution is 0.0992. The number of carbonyl (C=O) groups is 1. The number of anilines is 1. The second-order valence-electron chi connectivity index (χ2n) is 5.33. The number of primary amides is 1. The average Bonchev–Trinajstić information content (AvgIpc) is 2.83. The number of hydrogen-bond acceptors (Lipinski definition) is 4. The van der Waals surface area contributed by atoms with E-state index in [9.17, 15) is 13.2 Å². The predicted molar refractivity (Wildman–Crippen MR) is 86.9 cm³/mol. The number of sulfonamides is 1. The lowest BCUT2D eigenvalue weighted by Crippen LogP contribution is -2.14. The molecule has 3 N–H and O–H groups in total. The smallest absolute Gasteiger partial charge is 0.265 e. The highest BCUT2D eigenvalue weighted by Crippen LogP contribution is 2.21. The van der Waals surface area contributed by atoms with Gasteiger partial charge < -0.3 is 15.0 Å². The van der Waals surface area contributed by atoms with Crippen molar-refractivity contribution < 1.29 is 17.9 Å². The van der Waals surface area contributed by atoms with Crippen LogP contribution in [0.2, 0.25) is 0 Å². The first-order valence-electron chi connectivity index (χ1n) is 6.95. The van der Waals surface area contributed by atoms with Crippen molar-refractivity contribution in [2.45, 2.75) is 24.8 Å². The van der Waals surface area contributed by atoms with Gasteiger partial charge in [-0.15, -0.1) is 0 Å². The molecule has 2 aromatic rings. The zero-order valence-electron chi connectivity index (χ0n) is 13.1. The van der Waals surface area contributed by atoms with E-state index >= 15 is 0 Å². The summed E-state index contributed by atoms with van der Waals surface area (Å²) in [7, 11) is -2.25. The summed E-state index contributed by atoms with van der Waals surface area (Å²) in [6, 6.07) is 7.80. The van der Waals surface area contributed by atoms with Crippen molar-refractivity contribution in [2.24, 2.45) is 12.8 Å². The van der Waals surface area contributed by atoms with Crippen LogP contribution in [0.1, 0.15) is 24.3 Å². The van der Waals surface area contributed by atoms with Crippen LogP contribution in [0.15, 0.2) is 41.4 Å². The fourth-order valence-electron chi connectivity index (χ4n) is 2.01. The summed E-state index contributed by atoms with van der Waals surface area (Å²) in [6.07, 6.45) is 1.37. The third-order valence-corrected chi connectivity index (χ3v) is 4.37. The van der Waals surface area contributed by atoms with Gasteiger partial charge >= 0.3 is 0 Å². The van der Waals surface area contributed by atoms with Crippen molar-refractivity contribution in [1.29, 1.82) is 0 Å². The summed E-state index contributed by atoms with van der Waals surface area (Å²) in [5.41, 5.74) is 5.70. The van der Waals surface area contributed by atoms with Crippen molar-refractivity contribution in [3.63, 3.8) is 0 Å². The molecule has 0 saturated heterocycles. The maximum absolute atomic E-state index is 12.3. The van der Waals surface area contributed by atoms with Crippen LogP contribution in [0, 0.1) is 0 Å². The molecular weight excluding hydrogens is 318 g/mol. The maximum Gasteiger partial charge on any atom is 0.265 e. The summed E-state index contributed by atoms with van der Waals surface area (Å²) < 4.78 is 34.0. The molecule has 0 spiro atoms. The number of carbonyl (C=O) groups excluding carboxylic acids is 1. The third kappa shape index (κ3) is 4.04. The zero-order valence-corrected chi connectivity index (χ0v) is 13.9. The minimum absolute atomic E-state index is 0.0312. The highest BCUT2D eigenvalue weighted by Gasteiger charge is 2.19. The van der Waals surface area contributed by atoms with Gasteiger partial charge in [0.25, 0.3) is 15.9 Å². The minimum Gasteiger partial charge on any atom is -0.491 e. The van der Waals surface area contributed by atoms with E-state index in [0.717, 1.165) is 0 Å². The number of hydrogen-bond donors (Lipinski definition) is 2. The Hall–Kier alpha value is -2.48. The molecule has 0 aliphatic rings. The first-order valence-corrected chi connectivity index (χ1v) is 8.43. The lowest BCUT2D eigenvalue weighted by atomic mass is 10.3. The Morgan fingerprint density at radius 1 is 1.26 bits per heavy atom. The molecule has 2 rings (SSSR count). The predicted octanol–water partition coefficient (Wildman–Crippen LogP) is 1.71. The minimum atomic E-state index is -3.80. The first-order chi connectivity index (χ1) is 10.7. The molecule has 124 valence electrons. The van der Waals surface area contributed by atoms with Crippen molar-refractivity contribution in [2.75, 3.05) is 4.72 Å². The van der Waals surface area contributed by atoms with Gasteiger partial charge in [0, 0.05) is 18.9 Å². The molecule has 23 heavy (non-hydrogen) atoms. The maximum atomic E-state index is 12.3. The van der Waals surface area contributed by atoms with Gasteiger partial charge in [0.2, 0.25) is 0 Å². The molecule has 1 amide bonds. The Bertz CT molecular complexity index is 808. The zero-order chi connectivity index (χ0) is 17.2. The van der Waals surface area contributed by atoms with E-state index in [0.29, 0.717) is 11.4 Å². The van der Waals surface area contributed by atoms with Gasteiger partial charge in [-0.1, -0.05) is 0 Å². The van der Waals surface area contributed by atoms with Gasteiger partial charge in [-0.05, 0) is 44.2 Å². The summed E-state index contributed by atoms with van der Waals surface area (Å²) in [5.74, 6) is -0.0391. The van der Waals surface area contributed by atoms with Crippen molar-refractivity contribution in [3.8, 4) is 5.75 Å². The fraction of sp³-hybridized carbons (Fsp3) is 0.267. The van der Waals surface area contributed by atoms with Gasteiger partial charge in [-0.3, -0.25) is 9.52 Å². The van der Waals surface area contributed by atoms with Gasteiger partial charge in [0.05, 0.1) is 6.10 Å². The Morgan fingerprint density at radius 3 is 2.35 bits per heavy atom. The highest BCUT2D eigenvalue weighted by molar-refractivity contribution is 7.92. The van der Waals surface area contributed by atoms with Crippen LogP contribution in [-0.2, 0) is 17.1 Å². The normalized spacial score (nSPS) is 11.5. The molecule has 8 heteroatoms. The van der Waals surface area contributed by atoms with E-state index in [2.05, 4.69) is 4.72 Å². The second kappa shape index (κ2) is 6.33. The third-order valence-electron chi connectivity index (χ3n) is 3.02. The summed E-state index contributed by atoms with van der Waals surface area (Å²) in [5, 5.41) is 0. The van der Waals surface area contributed by atoms with Crippen LogP contribution < -0.4 is 15.2 Å². The molecule has 1 aromatic carbocycles. The van der Waals surface area contributed by atoms with Crippen LogP contribution in [0.4, 0.5) is 5.69 Å². The van der Waals surface area contributed by atoms with Crippen LogP contribution in [0.3, 0.4) is 0 Å². The van der Waals surface area contributed by atoms with E-state index in [1.54, 1.807) is 31.3 Å². The molecule has 1 aromatic heterocycles. The van der Waals surface area contributed by atoms with Crippen LogP contribution in [-0.4, -0.2) is 25.0 Å². The number of nitrogens with two attached hydrogens (primary N) is 1. The SMILES string of the molecule is CC(C)Oc1ccc(NS(=O)(=O)c2cc(C(N)=O)n(C)c2)cc1. The topological polar surface area (TPSA) is 103 Å². The van der Waals surface area contributed by atoms with Gasteiger partial charge in [-0.2, -0.15) is 0 Å². The fourth-order valence-corrected chi connectivity index (χ4v) is 3.14. The van der Waals surface area contributed by atoms with Crippen molar-refractivity contribution >= 4 is 21.6 Å². The molecule has 0 unspecified atom stereocenters. The molecule has 0 aliphatic heterocycles. The number of nitrogens with one attached hydrogen (secondary N) is 1. The van der Waals surface area contributed by atoms with Crippen LogP contribution in [0.25, 0.3) is 0 Å². The number of aryl methyl sites for hydroxylation is 1. The van der Waals surface area contributed by atoms with Crippen LogP contribution in [0.5, 0.6) is 5.75 Å². The first kappa shape index (κ1) is 16.9. The van der Waals surface area contributed by atoms with E-state index in [-0.39, 0.29) is 16.7 Å². The molecule has 0 aliphatic carbocycles. The Labute approximate surface area is 135 Å². The second-order valence-corrected chi connectivity index (χ2v) is 7.02. The molecular formula is C15H19N3O4S. The number of amides is 1. The summed E-state index contributed by atoms with van der Waals surface area (Å²) in [6.45, 7) is 3.81. The highest BCUT2D eigenvalue weighted by atomic mass is 32.2. The molecule has 7 nitrogen and oxygen atoms in total. The standard InChI is InChI=1S/C15H19N3O4S/c1-10(2)22-12-6-4-11(5-7-12)17-23(20,21)13-8-14(15(16)19)18(3)9-13/h4-10,17H,1-3H3,(H2,16,19). The Morgan fingerprint density at radius 2 is 1.87 bits per heavy atom. The molecule has 1 heterocycles. The lowest BCUT2D eigenvalue weighted by Gasteiger charge is -2.11. The molecule has 0 fully saturated rings. The molecule has 0 saturated carbocycles. The van der Waals surface area contributed by atoms with E-state index in [1.807, 2.05) is 13.8 Å². The Balaban J connectivity index is 2.21. The molecule has 0 radical (unpaired) electrons. The van der Waals surface area contributed by atoms with Gasteiger partial charge in [0.1, 0.15) is 16.3 Å². The van der Waals surface area contributed by atoms with E-state index in [1.165, 1.54) is 16.8 Å². The quantitative estimate of drug-likeness (QED) is 0.837. The van der Waals surface area contributed by atoms with Crippen molar-refractivity contribution in [1.82, 2.24) is 4.57 Å². The van der Waals surface area contributed by atoms with Gasteiger partial charge in [0.15, 0.2) is 0 Å². The van der Waals surface area contributed by atoms with Crippen LogP contribution >= 0.6 is 0 Å². The number of nitrogens with zero attached hydrogens (tertiary/aromatic N) is 1. The molecule has 0 atom stereocenters. The number of rotatable bonds is 6. The van der Waals surface area contributed by atoms with Gasteiger partial charge in [-0.25, -0.2) is 8.42 Å². The summed E-state index contributed by atoms with van der Waals surface area (Å²) >= 11 is 0. The van der Waals surface area contributed by atoms with E-state index < -0.39 is 15.9 Å². The number of ether oxygens (including phenoxy) is 1. The Kier molecular flexibility index (Phi) is 4.65. The number of aromatic nitrogens is 1.